The molecular formula is C19H17N7O2S. The number of amides is 1. The van der Waals surface area contributed by atoms with E-state index in [0.29, 0.717) is 36.0 Å². The first kappa shape index (κ1) is 17.7. The number of hydrogen-bond acceptors (Lipinski definition) is 7. The zero-order chi connectivity index (χ0) is 19.8. The number of nitrogens with one attached hydrogen (secondary N) is 2. The fraction of sp³-hybridized carbons (Fsp3) is 0.211. The van der Waals surface area contributed by atoms with Gasteiger partial charge in [0.1, 0.15) is 16.4 Å². The number of H-pyrrole nitrogens is 1. The molecular weight excluding hydrogens is 390 g/mol. The smallest absolute Gasteiger partial charge is 0.275 e. The van der Waals surface area contributed by atoms with E-state index < -0.39 is 0 Å². The Morgan fingerprint density at radius 3 is 2.97 bits per heavy atom. The third-order valence-electron chi connectivity index (χ3n) is 4.68. The van der Waals surface area contributed by atoms with Crippen molar-refractivity contribution in [2.45, 2.75) is 13.0 Å². The normalized spacial score (nSPS) is 14.0. The molecule has 0 unspecified atom stereocenters. The quantitative estimate of drug-likeness (QED) is 0.526. The van der Waals surface area contributed by atoms with Gasteiger partial charge in [0.15, 0.2) is 0 Å². The largest absolute Gasteiger partial charge is 0.377 e. The maximum Gasteiger partial charge on any atom is 0.275 e. The Morgan fingerprint density at radius 2 is 2.28 bits per heavy atom. The number of thiazole rings is 1. The van der Waals surface area contributed by atoms with E-state index in [1.165, 1.54) is 11.3 Å². The number of ether oxygens (including phenoxy) is 1. The number of nitrogens with zero attached hydrogens (tertiary/aromatic N) is 5. The summed E-state index contributed by atoms with van der Waals surface area (Å²) in [5.74, 6) is -0.296. The van der Waals surface area contributed by atoms with Crippen LogP contribution in [-0.4, -0.2) is 49.1 Å². The second kappa shape index (κ2) is 7.22. The number of aryl methyl sites for hydroxylation is 1. The second-order valence-corrected chi connectivity index (χ2v) is 7.51. The summed E-state index contributed by atoms with van der Waals surface area (Å²) in [4.78, 5) is 21.7. The first-order chi connectivity index (χ1) is 14.2. The van der Waals surface area contributed by atoms with Crippen LogP contribution in [0.25, 0.3) is 22.0 Å². The van der Waals surface area contributed by atoms with E-state index in [4.69, 9.17) is 4.74 Å². The standard InChI is InChI=1S/C19H17N7O2S/c1-11-13(6-21-24-11)19-23-16(10-29-19)18(27)22-15-7-26(12-8-28-9-12)25-17(15)14-4-2-3-5-20-14/h2-7,10,12H,8-9H2,1H3,(H,21,24)(H,22,27). The topological polar surface area (TPSA) is 111 Å². The van der Waals surface area contributed by atoms with E-state index in [-0.39, 0.29) is 11.9 Å². The van der Waals surface area contributed by atoms with Crippen molar-refractivity contribution in [2.75, 3.05) is 18.5 Å². The molecule has 5 rings (SSSR count). The first-order valence-electron chi connectivity index (χ1n) is 9.05. The van der Waals surface area contributed by atoms with Gasteiger partial charge in [0, 0.05) is 24.0 Å². The van der Waals surface area contributed by atoms with E-state index >= 15 is 0 Å². The molecule has 0 atom stereocenters. The number of carbonyl (C=O) groups excluding carboxylic acids is 1. The number of aromatic nitrogens is 6. The lowest BCUT2D eigenvalue weighted by Crippen LogP contribution is -2.30. The molecule has 1 amide bonds. The highest BCUT2D eigenvalue weighted by Crippen LogP contribution is 2.30. The minimum Gasteiger partial charge on any atom is -0.377 e. The second-order valence-electron chi connectivity index (χ2n) is 6.65. The van der Waals surface area contributed by atoms with Crippen LogP contribution in [0.2, 0.25) is 0 Å². The molecule has 4 aromatic heterocycles. The molecule has 10 heteroatoms. The summed E-state index contributed by atoms with van der Waals surface area (Å²) < 4.78 is 7.09. The molecule has 146 valence electrons. The Balaban J connectivity index is 1.44. The van der Waals surface area contributed by atoms with Gasteiger partial charge < -0.3 is 10.1 Å². The summed E-state index contributed by atoms with van der Waals surface area (Å²) in [7, 11) is 0. The average Bonchev–Trinajstić information content (AvgIpc) is 3.41. The van der Waals surface area contributed by atoms with Crippen molar-refractivity contribution in [3.05, 3.63) is 53.6 Å². The highest BCUT2D eigenvalue weighted by atomic mass is 32.1. The zero-order valence-corrected chi connectivity index (χ0v) is 16.3. The Morgan fingerprint density at radius 1 is 1.38 bits per heavy atom. The van der Waals surface area contributed by atoms with Crippen molar-refractivity contribution < 1.29 is 9.53 Å². The third-order valence-corrected chi connectivity index (χ3v) is 5.56. The van der Waals surface area contributed by atoms with Gasteiger partial charge in [-0.15, -0.1) is 11.3 Å². The monoisotopic (exact) mass is 407 g/mol. The zero-order valence-electron chi connectivity index (χ0n) is 15.5. The Bertz CT molecular complexity index is 1160. The fourth-order valence-corrected chi connectivity index (χ4v) is 3.87. The van der Waals surface area contributed by atoms with Gasteiger partial charge in [0.25, 0.3) is 5.91 Å². The predicted octanol–water partition coefficient (Wildman–Crippen LogP) is 2.92. The van der Waals surface area contributed by atoms with Crippen molar-refractivity contribution >= 4 is 22.9 Å². The molecule has 4 aromatic rings. The van der Waals surface area contributed by atoms with Gasteiger partial charge in [0.2, 0.25) is 0 Å². The van der Waals surface area contributed by atoms with Crippen molar-refractivity contribution in [1.29, 1.82) is 0 Å². The van der Waals surface area contributed by atoms with Crippen LogP contribution in [0.15, 0.2) is 42.2 Å². The van der Waals surface area contributed by atoms with Crippen LogP contribution in [0, 0.1) is 6.92 Å². The summed E-state index contributed by atoms with van der Waals surface area (Å²) in [6.07, 6.45) is 5.30. The van der Waals surface area contributed by atoms with Gasteiger partial charge in [-0.1, -0.05) is 6.07 Å². The van der Waals surface area contributed by atoms with Crippen molar-refractivity contribution in [3.63, 3.8) is 0 Å². The molecule has 1 saturated heterocycles. The van der Waals surface area contributed by atoms with Crippen molar-refractivity contribution in [1.82, 2.24) is 29.9 Å². The van der Waals surface area contributed by atoms with Crippen LogP contribution in [0.3, 0.4) is 0 Å². The number of pyridine rings is 1. The number of aromatic amines is 1. The van der Waals surface area contributed by atoms with Crippen molar-refractivity contribution in [3.8, 4) is 22.0 Å². The maximum atomic E-state index is 12.9. The summed E-state index contributed by atoms with van der Waals surface area (Å²) >= 11 is 1.40. The first-order valence-corrected chi connectivity index (χ1v) is 9.93. The molecule has 2 N–H and O–H groups in total. The SMILES string of the molecule is Cc1n[nH]cc1-c1nc(C(=O)Nc2cn(C3COC3)nc2-c2ccccn2)cs1. The minimum absolute atomic E-state index is 0.165. The molecule has 29 heavy (non-hydrogen) atoms. The van der Waals surface area contributed by atoms with E-state index in [9.17, 15) is 4.79 Å². The Hall–Kier alpha value is -3.37. The summed E-state index contributed by atoms with van der Waals surface area (Å²) in [5, 5.41) is 17.0. The lowest BCUT2D eigenvalue weighted by Gasteiger charge is -2.25. The van der Waals surface area contributed by atoms with Crippen LogP contribution in [0.4, 0.5) is 5.69 Å². The number of hydrogen-bond donors (Lipinski definition) is 2. The summed E-state index contributed by atoms with van der Waals surface area (Å²) in [6, 6.07) is 5.76. The number of carbonyl (C=O) groups is 1. The predicted molar refractivity (Wildman–Crippen MR) is 108 cm³/mol. The lowest BCUT2D eigenvalue weighted by atomic mass is 10.2. The van der Waals surface area contributed by atoms with Crippen LogP contribution in [-0.2, 0) is 4.74 Å². The molecule has 0 radical (unpaired) electrons. The van der Waals surface area contributed by atoms with Gasteiger partial charge >= 0.3 is 0 Å². The fourth-order valence-electron chi connectivity index (χ4n) is 3.00. The number of anilines is 1. The van der Waals surface area contributed by atoms with Crippen LogP contribution < -0.4 is 5.32 Å². The minimum atomic E-state index is -0.296. The maximum absolute atomic E-state index is 12.9. The van der Waals surface area contributed by atoms with Crippen LogP contribution >= 0.6 is 11.3 Å². The molecule has 5 heterocycles. The molecule has 0 spiro atoms. The highest BCUT2D eigenvalue weighted by Gasteiger charge is 2.25. The van der Waals surface area contributed by atoms with Gasteiger partial charge in [-0.05, 0) is 19.1 Å². The molecule has 1 aliphatic heterocycles. The van der Waals surface area contributed by atoms with E-state index in [2.05, 4.69) is 30.6 Å². The van der Waals surface area contributed by atoms with Gasteiger partial charge in [0.05, 0.1) is 41.9 Å². The van der Waals surface area contributed by atoms with Gasteiger partial charge in [-0.3, -0.25) is 19.6 Å². The summed E-state index contributed by atoms with van der Waals surface area (Å²) in [6.45, 7) is 3.11. The highest BCUT2D eigenvalue weighted by molar-refractivity contribution is 7.13. The number of rotatable bonds is 5. The lowest BCUT2D eigenvalue weighted by molar-refractivity contribution is -0.0285. The third kappa shape index (κ3) is 3.32. The molecule has 9 nitrogen and oxygen atoms in total. The van der Waals surface area contributed by atoms with Gasteiger partial charge in [-0.2, -0.15) is 10.2 Å². The van der Waals surface area contributed by atoms with Crippen LogP contribution in [0.1, 0.15) is 22.2 Å². The molecule has 0 aromatic carbocycles. The summed E-state index contributed by atoms with van der Waals surface area (Å²) in [5.41, 5.74) is 3.97. The Labute approximate surface area is 169 Å². The molecule has 0 saturated carbocycles. The molecule has 1 fully saturated rings. The van der Waals surface area contributed by atoms with E-state index in [1.54, 1.807) is 17.8 Å². The van der Waals surface area contributed by atoms with Crippen molar-refractivity contribution in [2.24, 2.45) is 0 Å². The van der Waals surface area contributed by atoms with Gasteiger partial charge in [-0.25, -0.2) is 4.98 Å². The molecule has 0 aliphatic carbocycles. The van der Waals surface area contributed by atoms with E-state index in [1.807, 2.05) is 36.0 Å². The average molecular weight is 407 g/mol. The van der Waals surface area contributed by atoms with Crippen LogP contribution in [0.5, 0.6) is 0 Å². The molecule has 0 bridgehead atoms. The molecule has 1 aliphatic rings. The van der Waals surface area contributed by atoms with E-state index in [0.717, 1.165) is 16.3 Å². The Kier molecular flexibility index (Phi) is 4.41.